The normalized spacial score (nSPS) is 10.4. The van der Waals surface area contributed by atoms with Crippen molar-refractivity contribution in [2.45, 2.75) is 84.0 Å². The molecule has 0 unspecified atom stereocenters. The van der Waals surface area contributed by atoms with Crippen molar-refractivity contribution in [1.82, 2.24) is 0 Å². The molecule has 0 saturated carbocycles. The molecule has 0 radical (unpaired) electrons. The van der Waals surface area contributed by atoms with Gasteiger partial charge in [-0.05, 0) is 32.1 Å². The number of esters is 1. The molecule has 0 aromatic rings. The first-order chi connectivity index (χ1) is 10.3. The van der Waals surface area contributed by atoms with Crippen LogP contribution in [0.15, 0.2) is 12.2 Å². The summed E-state index contributed by atoms with van der Waals surface area (Å²) < 4.78 is 4.61. The Hall–Kier alpha value is -1.23. The van der Waals surface area contributed by atoms with E-state index in [1.165, 1.54) is 39.2 Å². The second-order valence-electron chi connectivity index (χ2n) is 5.35. The van der Waals surface area contributed by atoms with Crippen molar-refractivity contribution in [3.63, 3.8) is 0 Å². The molecule has 0 spiro atoms. The van der Waals surface area contributed by atoms with E-state index in [2.05, 4.69) is 35.7 Å². The Balaban J connectivity index is 3.18. The van der Waals surface area contributed by atoms with Gasteiger partial charge >= 0.3 is 5.97 Å². The summed E-state index contributed by atoms with van der Waals surface area (Å²) in [4.78, 5) is 10.9. The molecule has 120 valence electrons. The largest absolute Gasteiger partial charge is 0.469 e. The van der Waals surface area contributed by atoms with Crippen LogP contribution in [-0.2, 0) is 9.53 Å². The van der Waals surface area contributed by atoms with E-state index in [9.17, 15) is 4.79 Å². The van der Waals surface area contributed by atoms with Crippen LogP contribution in [0.2, 0.25) is 0 Å². The summed E-state index contributed by atoms with van der Waals surface area (Å²) >= 11 is 0. The zero-order valence-electron chi connectivity index (χ0n) is 14.0. The molecule has 0 heterocycles. The van der Waals surface area contributed by atoms with Crippen LogP contribution in [0, 0.1) is 11.8 Å². The monoisotopic (exact) mass is 292 g/mol. The Morgan fingerprint density at radius 2 is 1.52 bits per heavy atom. The molecule has 0 aliphatic carbocycles. The van der Waals surface area contributed by atoms with E-state index >= 15 is 0 Å². The van der Waals surface area contributed by atoms with Gasteiger partial charge in [0.25, 0.3) is 0 Å². The summed E-state index contributed by atoms with van der Waals surface area (Å²) in [6.07, 6.45) is 17.8. The molecule has 0 fully saturated rings. The fourth-order valence-corrected chi connectivity index (χ4v) is 2.03. The maximum absolute atomic E-state index is 10.9. The zero-order chi connectivity index (χ0) is 15.6. The fourth-order valence-electron chi connectivity index (χ4n) is 2.03. The van der Waals surface area contributed by atoms with Crippen LogP contribution in [0.5, 0.6) is 0 Å². The molecular formula is C19H32O2. The van der Waals surface area contributed by atoms with Crippen LogP contribution in [0.3, 0.4) is 0 Å². The first-order valence-electron chi connectivity index (χ1n) is 8.48. The van der Waals surface area contributed by atoms with Gasteiger partial charge in [-0.15, -0.1) is 11.8 Å². The minimum absolute atomic E-state index is 0.0838. The lowest BCUT2D eigenvalue weighted by atomic mass is 10.1. The Labute approximate surface area is 131 Å². The third-order valence-electron chi connectivity index (χ3n) is 3.33. The average Bonchev–Trinajstić information content (AvgIpc) is 2.50. The fraction of sp³-hybridized carbons (Fsp3) is 0.737. The van der Waals surface area contributed by atoms with Crippen molar-refractivity contribution in [2.24, 2.45) is 0 Å². The molecule has 0 aliphatic rings. The molecule has 0 atom stereocenters. The molecule has 0 aromatic carbocycles. The topological polar surface area (TPSA) is 26.3 Å². The van der Waals surface area contributed by atoms with Gasteiger partial charge in [0.05, 0.1) is 7.11 Å². The summed E-state index contributed by atoms with van der Waals surface area (Å²) in [5.74, 6) is 6.28. The maximum Gasteiger partial charge on any atom is 0.305 e. The summed E-state index contributed by atoms with van der Waals surface area (Å²) in [7, 11) is 1.45. The number of carbonyl (C=O) groups is 1. The number of allylic oxidation sites excluding steroid dienone is 2. The van der Waals surface area contributed by atoms with Gasteiger partial charge in [-0.2, -0.15) is 0 Å². The number of rotatable bonds is 12. The van der Waals surface area contributed by atoms with Gasteiger partial charge in [-0.1, -0.05) is 44.8 Å². The first-order valence-corrected chi connectivity index (χ1v) is 8.48. The Morgan fingerprint density at radius 3 is 2.24 bits per heavy atom. The summed E-state index contributed by atoms with van der Waals surface area (Å²) in [6.45, 7) is 2.16. The molecule has 21 heavy (non-hydrogen) atoms. The molecule has 0 rings (SSSR count). The van der Waals surface area contributed by atoms with Crippen molar-refractivity contribution in [1.29, 1.82) is 0 Å². The highest BCUT2D eigenvalue weighted by Gasteiger charge is 1.98. The number of unbranched alkanes of at least 4 members (excludes halogenated alkanes) is 8. The van der Waals surface area contributed by atoms with Gasteiger partial charge in [0.1, 0.15) is 0 Å². The quantitative estimate of drug-likeness (QED) is 0.208. The first kappa shape index (κ1) is 19.8. The third-order valence-corrected chi connectivity index (χ3v) is 3.33. The minimum Gasteiger partial charge on any atom is -0.469 e. The molecule has 2 nitrogen and oxygen atoms in total. The molecule has 0 bridgehead atoms. The molecule has 0 aromatic heterocycles. The van der Waals surface area contributed by atoms with Crippen LogP contribution < -0.4 is 0 Å². The predicted molar refractivity (Wildman–Crippen MR) is 90.0 cm³/mol. The van der Waals surface area contributed by atoms with Crippen molar-refractivity contribution in [3.05, 3.63) is 12.2 Å². The molecule has 0 aliphatic heterocycles. The van der Waals surface area contributed by atoms with E-state index in [0.717, 1.165) is 38.5 Å². The highest BCUT2D eigenvalue weighted by molar-refractivity contribution is 5.68. The van der Waals surface area contributed by atoms with Crippen LogP contribution >= 0.6 is 0 Å². The van der Waals surface area contributed by atoms with Gasteiger partial charge in [0, 0.05) is 19.3 Å². The van der Waals surface area contributed by atoms with E-state index in [4.69, 9.17) is 0 Å². The lowest BCUT2D eigenvalue weighted by Crippen LogP contribution is -1.99. The Kier molecular flexibility index (Phi) is 15.8. The molecule has 2 heteroatoms. The van der Waals surface area contributed by atoms with Gasteiger partial charge in [0.2, 0.25) is 0 Å². The summed E-state index contributed by atoms with van der Waals surface area (Å²) in [5.41, 5.74) is 0. The van der Waals surface area contributed by atoms with E-state index in [1.54, 1.807) is 0 Å². The SMILES string of the molecule is CCCC#CCCC=CCCCCCCCCC(=O)OC. The number of hydrogen-bond acceptors (Lipinski definition) is 2. The second-order valence-corrected chi connectivity index (χ2v) is 5.35. The Bertz CT molecular complexity index is 320. The van der Waals surface area contributed by atoms with Crippen molar-refractivity contribution < 1.29 is 9.53 Å². The standard InChI is InChI=1S/C19H32O2/c1-3-4-5-6-7-8-9-10-11-12-13-14-15-16-17-18-19(20)21-2/h9-10H,3-4,7-8,11-18H2,1-2H3. The van der Waals surface area contributed by atoms with E-state index in [1.807, 2.05) is 0 Å². The average molecular weight is 292 g/mol. The number of methoxy groups -OCH3 is 1. The maximum atomic E-state index is 10.9. The van der Waals surface area contributed by atoms with E-state index < -0.39 is 0 Å². The predicted octanol–water partition coefficient (Wildman–Crippen LogP) is 5.42. The number of hydrogen-bond donors (Lipinski definition) is 0. The van der Waals surface area contributed by atoms with Crippen molar-refractivity contribution in [3.8, 4) is 11.8 Å². The Morgan fingerprint density at radius 1 is 0.905 bits per heavy atom. The summed E-state index contributed by atoms with van der Waals surface area (Å²) in [6, 6.07) is 0. The lowest BCUT2D eigenvalue weighted by Gasteiger charge is -2.00. The zero-order valence-corrected chi connectivity index (χ0v) is 14.0. The van der Waals surface area contributed by atoms with Crippen molar-refractivity contribution in [2.75, 3.05) is 7.11 Å². The smallest absolute Gasteiger partial charge is 0.305 e. The lowest BCUT2D eigenvalue weighted by molar-refractivity contribution is -0.140. The van der Waals surface area contributed by atoms with Gasteiger partial charge in [0.15, 0.2) is 0 Å². The highest BCUT2D eigenvalue weighted by atomic mass is 16.5. The van der Waals surface area contributed by atoms with E-state index in [-0.39, 0.29) is 5.97 Å². The van der Waals surface area contributed by atoms with E-state index in [0.29, 0.717) is 6.42 Å². The molecular weight excluding hydrogens is 260 g/mol. The van der Waals surface area contributed by atoms with Crippen LogP contribution in [0.4, 0.5) is 0 Å². The third kappa shape index (κ3) is 16.7. The van der Waals surface area contributed by atoms with Crippen LogP contribution in [0.1, 0.15) is 84.0 Å². The molecule has 0 amide bonds. The van der Waals surface area contributed by atoms with Crippen molar-refractivity contribution >= 4 is 5.97 Å². The van der Waals surface area contributed by atoms with Crippen LogP contribution in [0.25, 0.3) is 0 Å². The molecule has 0 saturated heterocycles. The number of carbonyl (C=O) groups excluding carboxylic acids is 1. The number of ether oxygens (including phenoxy) is 1. The minimum atomic E-state index is -0.0838. The molecule has 0 N–H and O–H groups in total. The van der Waals surface area contributed by atoms with Gasteiger partial charge < -0.3 is 4.74 Å². The highest BCUT2D eigenvalue weighted by Crippen LogP contribution is 2.09. The summed E-state index contributed by atoms with van der Waals surface area (Å²) in [5, 5.41) is 0. The van der Waals surface area contributed by atoms with Gasteiger partial charge in [-0.25, -0.2) is 0 Å². The second kappa shape index (κ2) is 16.8. The van der Waals surface area contributed by atoms with Crippen LogP contribution in [-0.4, -0.2) is 13.1 Å². The van der Waals surface area contributed by atoms with Gasteiger partial charge in [-0.3, -0.25) is 4.79 Å².